The topological polar surface area (TPSA) is 68.1 Å². The molecule has 0 aliphatic carbocycles. The number of aliphatic imine (C=N–C) groups is 1. The first kappa shape index (κ1) is 25.5. The monoisotopic (exact) mass is 475 g/mol. The van der Waals surface area contributed by atoms with Crippen molar-refractivity contribution in [3.8, 4) is 11.5 Å². The second-order valence-electron chi connectivity index (χ2n) is 8.60. The van der Waals surface area contributed by atoms with E-state index in [9.17, 15) is 23.4 Å². The Bertz CT molecular complexity index is 1050. The standard InChI is InChI=1S/C26H32F3N3O2/c1-3-4-5-6-7-8-15-32(2)22-12-10-19(17-20(22)26(27,28)29)30-25-14-11-21(31-25)18-9-13-23(33)24(34)16-18/h9-13,16-17,33-34H,3-8,14-15H2,1-2H3,(H,30,31). The van der Waals surface area contributed by atoms with E-state index in [0.29, 0.717) is 35.7 Å². The molecule has 0 atom stereocenters. The van der Waals surface area contributed by atoms with Crippen LogP contribution in [0, 0.1) is 0 Å². The van der Waals surface area contributed by atoms with Crippen molar-refractivity contribution in [2.75, 3.05) is 23.8 Å². The minimum absolute atomic E-state index is 0.165. The summed E-state index contributed by atoms with van der Waals surface area (Å²) >= 11 is 0. The third kappa shape index (κ3) is 6.68. The van der Waals surface area contributed by atoms with Gasteiger partial charge in [-0.25, -0.2) is 4.99 Å². The van der Waals surface area contributed by atoms with E-state index in [1.54, 1.807) is 24.1 Å². The number of nitrogens with zero attached hydrogens (tertiary/aromatic N) is 2. The zero-order chi connectivity index (χ0) is 24.7. The predicted octanol–water partition coefficient (Wildman–Crippen LogP) is 7.17. The number of phenolic OH excluding ortho intramolecular Hbond substituents is 2. The number of rotatable bonds is 10. The van der Waals surface area contributed by atoms with Crippen LogP contribution in [-0.4, -0.2) is 29.6 Å². The van der Waals surface area contributed by atoms with Crippen LogP contribution in [-0.2, 0) is 6.18 Å². The summed E-state index contributed by atoms with van der Waals surface area (Å²) in [6.07, 6.45) is 4.25. The van der Waals surface area contributed by atoms with Crippen LogP contribution in [0.1, 0.15) is 63.0 Å². The number of phenols is 2. The lowest BCUT2D eigenvalue weighted by Crippen LogP contribution is -2.23. The molecule has 34 heavy (non-hydrogen) atoms. The van der Waals surface area contributed by atoms with Gasteiger partial charge in [0.25, 0.3) is 0 Å². The molecular formula is C26H32F3N3O2. The smallest absolute Gasteiger partial charge is 0.418 e. The Kier molecular flexibility index (Phi) is 8.47. The third-order valence-electron chi connectivity index (χ3n) is 5.86. The summed E-state index contributed by atoms with van der Waals surface area (Å²) in [5.74, 6) is 0.0141. The van der Waals surface area contributed by atoms with Gasteiger partial charge >= 0.3 is 6.18 Å². The first-order valence-corrected chi connectivity index (χ1v) is 11.7. The van der Waals surface area contributed by atoms with Crippen molar-refractivity contribution in [1.82, 2.24) is 0 Å². The van der Waals surface area contributed by atoms with Crippen LogP contribution in [0.2, 0.25) is 0 Å². The lowest BCUT2D eigenvalue weighted by Gasteiger charge is -2.24. The number of nitrogens with one attached hydrogen (secondary N) is 1. The van der Waals surface area contributed by atoms with E-state index in [1.165, 1.54) is 37.5 Å². The number of hydrogen-bond donors (Lipinski definition) is 3. The van der Waals surface area contributed by atoms with Gasteiger partial charge < -0.3 is 20.4 Å². The van der Waals surface area contributed by atoms with E-state index in [4.69, 9.17) is 0 Å². The maximum atomic E-state index is 13.8. The quantitative estimate of drug-likeness (QED) is 0.252. The molecule has 0 bridgehead atoms. The Morgan fingerprint density at radius 2 is 1.71 bits per heavy atom. The SMILES string of the molecule is CCCCCCCCN(C)c1ccc(NC2=NC(c3ccc(O)c(O)c3)=CC2)cc1C(F)(F)F. The second kappa shape index (κ2) is 11.3. The molecule has 1 heterocycles. The molecule has 0 spiro atoms. The highest BCUT2D eigenvalue weighted by molar-refractivity contribution is 6.03. The molecule has 2 aromatic rings. The fourth-order valence-corrected chi connectivity index (χ4v) is 3.96. The molecule has 8 heteroatoms. The Morgan fingerprint density at radius 3 is 2.41 bits per heavy atom. The maximum Gasteiger partial charge on any atom is 0.418 e. The zero-order valence-corrected chi connectivity index (χ0v) is 19.6. The molecule has 0 saturated heterocycles. The Balaban J connectivity index is 1.68. The molecule has 0 saturated carbocycles. The summed E-state index contributed by atoms with van der Waals surface area (Å²) in [4.78, 5) is 6.10. The summed E-state index contributed by atoms with van der Waals surface area (Å²) in [5.41, 5.74) is 0.976. The number of amidine groups is 1. The van der Waals surface area contributed by atoms with E-state index in [2.05, 4.69) is 17.2 Å². The van der Waals surface area contributed by atoms with Crippen LogP contribution in [0.4, 0.5) is 24.5 Å². The Morgan fingerprint density at radius 1 is 0.971 bits per heavy atom. The van der Waals surface area contributed by atoms with Gasteiger partial charge in [0.15, 0.2) is 11.5 Å². The molecule has 3 rings (SSSR count). The minimum Gasteiger partial charge on any atom is -0.504 e. The maximum absolute atomic E-state index is 13.8. The molecule has 0 amide bonds. The van der Waals surface area contributed by atoms with Crippen molar-refractivity contribution < 1.29 is 23.4 Å². The largest absolute Gasteiger partial charge is 0.504 e. The molecule has 5 nitrogen and oxygen atoms in total. The van der Waals surface area contributed by atoms with E-state index >= 15 is 0 Å². The van der Waals surface area contributed by atoms with Crippen LogP contribution in [0.15, 0.2) is 47.5 Å². The van der Waals surface area contributed by atoms with E-state index in [-0.39, 0.29) is 17.2 Å². The van der Waals surface area contributed by atoms with Crippen LogP contribution < -0.4 is 10.2 Å². The number of alkyl halides is 3. The normalized spacial score (nSPS) is 13.6. The number of benzene rings is 2. The van der Waals surface area contributed by atoms with E-state index in [0.717, 1.165) is 25.3 Å². The van der Waals surface area contributed by atoms with Gasteiger partial charge in [0.2, 0.25) is 0 Å². The molecule has 1 aliphatic heterocycles. The number of aromatic hydroxyl groups is 2. The summed E-state index contributed by atoms with van der Waals surface area (Å²) in [6.45, 7) is 2.72. The third-order valence-corrected chi connectivity index (χ3v) is 5.86. The summed E-state index contributed by atoms with van der Waals surface area (Å²) < 4.78 is 41.5. The van der Waals surface area contributed by atoms with Crippen molar-refractivity contribution in [2.45, 2.75) is 58.0 Å². The molecule has 1 aliphatic rings. The molecule has 3 N–H and O–H groups in total. The van der Waals surface area contributed by atoms with Gasteiger partial charge in [-0.15, -0.1) is 0 Å². The number of halogens is 3. The van der Waals surface area contributed by atoms with Crippen molar-refractivity contribution >= 4 is 22.9 Å². The number of hydrogen-bond acceptors (Lipinski definition) is 5. The van der Waals surface area contributed by atoms with Crippen molar-refractivity contribution in [3.05, 3.63) is 53.6 Å². The lowest BCUT2D eigenvalue weighted by atomic mass is 10.1. The van der Waals surface area contributed by atoms with E-state index < -0.39 is 11.7 Å². The summed E-state index contributed by atoms with van der Waals surface area (Å²) in [7, 11) is 1.70. The highest BCUT2D eigenvalue weighted by atomic mass is 19.4. The summed E-state index contributed by atoms with van der Waals surface area (Å²) in [5, 5.41) is 22.1. The number of unbranched alkanes of at least 4 members (excludes halogenated alkanes) is 5. The van der Waals surface area contributed by atoms with Gasteiger partial charge in [0.05, 0.1) is 11.3 Å². The molecule has 184 valence electrons. The van der Waals surface area contributed by atoms with Crippen molar-refractivity contribution in [2.24, 2.45) is 4.99 Å². The highest BCUT2D eigenvalue weighted by Gasteiger charge is 2.35. The van der Waals surface area contributed by atoms with Gasteiger partial charge in [0.1, 0.15) is 5.84 Å². The molecular weight excluding hydrogens is 443 g/mol. The lowest BCUT2D eigenvalue weighted by molar-refractivity contribution is -0.137. The fraction of sp³-hybridized carbons (Fsp3) is 0.423. The Hall–Kier alpha value is -3.16. The second-order valence-corrected chi connectivity index (χ2v) is 8.60. The molecule has 2 aromatic carbocycles. The molecule has 0 radical (unpaired) electrons. The first-order valence-electron chi connectivity index (χ1n) is 11.7. The average Bonchev–Trinajstić information content (AvgIpc) is 3.25. The average molecular weight is 476 g/mol. The highest BCUT2D eigenvalue weighted by Crippen LogP contribution is 2.38. The van der Waals surface area contributed by atoms with Crippen LogP contribution >= 0.6 is 0 Å². The van der Waals surface area contributed by atoms with Gasteiger partial charge in [0, 0.05) is 37.0 Å². The summed E-state index contributed by atoms with van der Waals surface area (Å²) in [6, 6.07) is 8.63. The fourth-order valence-electron chi connectivity index (χ4n) is 3.96. The van der Waals surface area contributed by atoms with Gasteiger partial charge in [-0.1, -0.05) is 45.1 Å². The van der Waals surface area contributed by atoms with Gasteiger partial charge in [-0.2, -0.15) is 13.2 Å². The predicted molar refractivity (Wildman–Crippen MR) is 132 cm³/mol. The van der Waals surface area contributed by atoms with Crippen LogP contribution in [0.25, 0.3) is 5.70 Å². The van der Waals surface area contributed by atoms with Gasteiger partial charge in [-0.05, 0) is 42.8 Å². The zero-order valence-electron chi connectivity index (χ0n) is 19.6. The molecule has 0 unspecified atom stereocenters. The number of anilines is 2. The van der Waals surface area contributed by atoms with E-state index in [1.807, 2.05) is 6.08 Å². The Labute approximate surface area is 198 Å². The molecule has 0 aromatic heterocycles. The van der Waals surface area contributed by atoms with Crippen molar-refractivity contribution in [3.63, 3.8) is 0 Å². The van der Waals surface area contributed by atoms with Crippen LogP contribution in [0.3, 0.4) is 0 Å². The van der Waals surface area contributed by atoms with Gasteiger partial charge in [-0.3, -0.25) is 0 Å². The molecule has 0 fully saturated rings. The minimum atomic E-state index is -4.48. The van der Waals surface area contributed by atoms with Crippen LogP contribution in [0.5, 0.6) is 11.5 Å². The van der Waals surface area contributed by atoms with Crippen molar-refractivity contribution in [1.29, 1.82) is 0 Å². The first-order chi connectivity index (χ1) is 16.2.